The average molecular weight is 437 g/mol. The van der Waals surface area contributed by atoms with E-state index >= 15 is 0 Å². The molecule has 0 saturated carbocycles. The zero-order chi connectivity index (χ0) is 21.3. The lowest BCUT2D eigenvalue weighted by Gasteiger charge is -2.15. The molecule has 2 aromatic heterocycles. The summed E-state index contributed by atoms with van der Waals surface area (Å²) in [5.74, 6) is -1.24. The monoisotopic (exact) mass is 436 g/mol. The fraction of sp³-hybridized carbons (Fsp3) is 0.476. The van der Waals surface area contributed by atoms with Crippen LogP contribution in [-0.2, 0) is 0 Å². The van der Waals surface area contributed by atoms with Gasteiger partial charge in [-0.25, -0.2) is 4.79 Å². The Labute approximate surface area is 178 Å². The second kappa shape index (κ2) is 11.0. The summed E-state index contributed by atoms with van der Waals surface area (Å²) >= 11 is 1.49. The molecule has 2 N–H and O–H groups in total. The van der Waals surface area contributed by atoms with E-state index in [0.29, 0.717) is 12.5 Å². The maximum Gasteiger partial charge on any atom is 0.319 e. The summed E-state index contributed by atoms with van der Waals surface area (Å²) in [6.45, 7) is 2.18. The maximum absolute atomic E-state index is 13.0. The second-order valence-corrected chi connectivity index (χ2v) is 8.42. The molecule has 0 aromatic carbocycles. The van der Waals surface area contributed by atoms with E-state index in [1.807, 2.05) is 22.4 Å². The zero-order valence-electron chi connectivity index (χ0n) is 16.7. The van der Waals surface area contributed by atoms with Crippen LogP contribution in [0.3, 0.4) is 0 Å². The van der Waals surface area contributed by atoms with Crippen LogP contribution < -0.4 is 10.6 Å². The first kappa shape index (κ1) is 22.1. The summed E-state index contributed by atoms with van der Waals surface area (Å²) in [5, 5.41) is 6.99. The first-order valence-electron chi connectivity index (χ1n) is 10.2. The molecule has 0 radical (unpaired) electrons. The number of urea groups is 1. The van der Waals surface area contributed by atoms with Gasteiger partial charge in [0, 0.05) is 31.8 Å². The topological polar surface area (TPSA) is 74.3 Å². The Hall–Kier alpha value is -2.55. The number of hydrogen-bond donors (Lipinski definition) is 2. The highest BCUT2D eigenvalue weighted by molar-refractivity contribution is 7.12. The van der Waals surface area contributed by atoms with Gasteiger partial charge in [0.05, 0.1) is 10.6 Å². The molecule has 1 aliphatic rings. The number of carbonyl (C=O) groups excluding carboxylic acids is 2. The molecule has 1 atom stereocenters. The van der Waals surface area contributed by atoms with E-state index in [2.05, 4.69) is 15.6 Å². The van der Waals surface area contributed by atoms with Gasteiger partial charge < -0.3 is 15.5 Å². The van der Waals surface area contributed by atoms with E-state index in [1.54, 1.807) is 0 Å². The number of halogens is 2. The van der Waals surface area contributed by atoms with E-state index < -0.39 is 17.9 Å². The van der Waals surface area contributed by atoms with Crippen molar-refractivity contribution in [1.29, 1.82) is 0 Å². The molecule has 0 bridgehead atoms. The van der Waals surface area contributed by atoms with Gasteiger partial charge in [0.15, 0.2) is 0 Å². The predicted molar refractivity (Wildman–Crippen MR) is 113 cm³/mol. The number of carbonyl (C=O) groups is 2. The van der Waals surface area contributed by atoms with Crippen molar-refractivity contribution in [2.45, 2.75) is 38.5 Å². The highest BCUT2D eigenvalue weighted by Gasteiger charge is 2.26. The molecule has 162 valence electrons. The number of pyridine rings is 1. The number of aromatic nitrogens is 1. The SMILES string of the molecule is O=C(NCCCCCCC1CCN(C(=O)c2cccs2)C1)Nc1cc(F)nc(F)c1. The molecule has 1 saturated heterocycles. The standard InChI is InChI=1S/C21H26F2N4O2S/c22-18-12-16(13-19(23)26-18)25-21(29)24-9-4-2-1-3-6-15-8-10-27(14-15)20(28)17-7-5-11-30-17/h5,7,11-13,15H,1-4,6,8-10,14H2,(H2,24,25,26,29). The smallest absolute Gasteiger partial charge is 0.319 e. The molecule has 6 nitrogen and oxygen atoms in total. The summed E-state index contributed by atoms with van der Waals surface area (Å²) in [6.07, 6.45) is 6.17. The third kappa shape index (κ3) is 6.76. The maximum atomic E-state index is 13.0. The van der Waals surface area contributed by atoms with E-state index in [1.165, 1.54) is 11.3 Å². The molecule has 2 aromatic rings. The number of likely N-dealkylation sites (tertiary alicyclic amines) is 1. The molecule has 1 aliphatic heterocycles. The van der Waals surface area contributed by atoms with E-state index in [-0.39, 0.29) is 11.6 Å². The largest absolute Gasteiger partial charge is 0.338 e. The van der Waals surface area contributed by atoms with Crippen LogP contribution in [0.1, 0.15) is 48.2 Å². The number of amides is 3. The van der Waals surface area contributed by atoms with E-state index in [0.717, 1.165) is 68.6 Å². The lowest BCUT2D eigenvalue weighted by atomic mass is 10.00. The van der Waals surface area contributed by atoms with Crippen LogP contribution in [0.2, 0.25) is 0 Å². The quantitative estimate of drug-likeness (QED) is 0.444. The van der Waals surface area contributed by atoms with Crippen molar-refractivity contribution in [3.63, 3.8) is 0 Å². The number of thiophene rings is 1. The van der Waals surface area contributed by atoms with Gasteiger partial charge in [0.25, 0.3) is 5.91 Å². The lowest BCUT2D eigenvalue weighted by Crippen LogP contribution is -2.29. The van der Waals surface area contributed by atoms with Crippen LogP contribution >= 0.6 is 11.3 Å². The van der Waals surface area contributed by atoms with Gasteiger partial charge >= 0.3 is 6.03 Å². The molecular weight excluding hydrogens is 410 g/mol. The van der Waals surface area contributed by atoms with E-state index in [4.69, 9.17) is 0 Å². The number of nitrogens with zero attached hydrogens (tertiary/aromatic N) is 2. The molecule has 3 heterocycles. The molecule has 30 heavy (non-hydrogen) atoms. The summed E-state index contributed by atoms with van der Waals surface area (Å²) in [5.41, 5.74) is 0.0284. The fourth-order valence-electron chi connectivity index (χ4n) is 3.63. The molecule has 0 spiro atoms. The fourth-order valence-corrected chi connectivity index (χ4v) is 4.33. The Kier molecular flexibility index (Phi) is 8.12. The number of hydrogen-bond acceptors (Lipinski definition) is 4. The van der Waals surface area contributed by atoms with Crippen LogP contribution in [0.5, 0.6) is 0 Å². The Bertz CT molecular complexity index is 827. The van der Waals surface area contributed by atoms with Crippen molar-refractivity contribution in [2.75, 3.05) is 25.0 Å². The normalized spacial score (nSPS) is 15.9. The van der Waals surface area contributed by atoms with Crippen LogP contribution in [0.4, 0.5) is 19.3 Å². The first-order chi connectivity index (χ1) is 14.5. The Morgan fingerprint density at radius 2 is 1.93 bits per heavy atom. The van der Waals surface area contributed by atoms with Gasteiger partial charge in [-0.1, -0.05) is 25.3 Å². The highest BCUT2D eigenvalue weighted by atomic mass is 32.1. The van der Waals surface area contributed by atoms with Crippen LogP contribution in [0, 0.1) is 17.8 Å². The molecule has 9 heteroatoms. The van der Waals surface area contributed by atoms with Crippen molar-refractivity contribution in [1.82, 2.24) is 15.2 Å². The summed E-state index contributed by atoms with van der Waals surface area (Å²) in [4.78, 5) is 29.9. The van der Waals surface area contributed by atoms with Gasteiger partial charge in [0.2, 0.25) is 11.9 Å². The molecule has 0 aliphatic carbocycles. The summed E-state index contributed by atoms with van der Waals surface area (Å²) in [7, 11) is 0. The molecule has 1 fully saturated rings. The van der Waals surface area contributed by atoms with Crippen molar-refractivity contribution >= 4 is 29.0 Å². The highest BCUT2D eigenvalue weighted by Crippen LogP contribution is 2.24. The Morgan fingerprint density at radius 3 is 2.67 bits per heavy atom. The minimum Gasteiger partial charge on any atom is -0.338 e. The first-order valence-corrected chi connectivity index (χ1v) is 11.1. The van der Waals surface area contributed by atoms with Crippen molar-refractivity contribution in [2.24, 2.45) is 5.92 Å². The van der Waals surface area contributed by atoms with Crippen LogP contribution in [-0.4, -0.2) is 41.5 Å². The molecular formula is C21H26F2N4O2S. The summed E-state index contributed by atoms with van der Waals surface area (Å²) < 4.78 is 26.0. The minimum absolute atomic E-state index is 0.0284. The molecule has 3 rings (SSSR count). The van der Waals surface area contributed by atoms with Crippen molar-refractivity contribution in [3.8, 4) is 0 Å². The number of unbranched alkanes of at least 4 members (excludes halogenated alkanes) is 3. The average Bonchev–Trinajstić information content (AvgIpc) is 3.38. The number of nitrogens with one attached hydrogen (secondary N) is 2. The van der Waals surface area contributed by atoms with Gasteiger partial charge in [-0.15, -0.1) is 11.3 Å². The zero-order valence-corrected chi connectivity index (χ0v) is 17.5. The Morgan fingerprint density at radius 1 is 1.17 bits per heavy atom. The van der Waals surface area contributed by atoms with Crippen molar-refractivity contribution in [3.05, 3.63) is 46.4 Å². The lowest BCUT2D eigenvalue weighted by molar-refractivity contribution is 0.0791. The third-order valence-electron chi connectivity index (χ3n) is 5.15. The summed E-state index contributed by atoms with van der Waals surface area (Å²) in [6, 6.07) is 5.20. The second-order valence-electron chi connectivity index (χ2n) is 7.47. The van der Waals surface area contributed by atoms with Gasteiger partial charge in [-0.05, 0) is 36.6 Å². The van der Waals surface area contributed by atoms with Crippen LogP contribution in [0.15, 0.2) is 29.6 Å². The van der Waals surface area contributed by atoms with E-state index in [9.17, 15) is 18.4 Å². The molecule has 1 unspecified atom stereocenters. The minimum atomic E-state index is -0.980. The number of anilines is 1. The third-order valence-corrected chi connectivity index (χ3v) is 6.01. The van der Waals surface area contributed by atoms with Gasteiger partial charge in [-0.2, -0.15) is 13.8 Å². The van der Waals surface area contributed by atoms with Crippen LogP contribution in [0.25, 0.3) is 0 Å². The van der Waals surface area contributed by atoms with Crippen molar-refractivity contribution < 1.29 is 18.4 Å². The van der Waals surface area contributed by atoms with Gasteiger partial charge in [-0.3, -0.25) is 4.79 Å². The Balaban J connectivity index is 1.22. The predicted octanol–water partition coefficient (Wildman–Crippen LogP) is 4.66. The number of rotatable bonds is 9. The molecule has 3 amide bonds. The van der Waals surface area contributed by atoms with Gasteiger partial charge in [0.1, 0.15) is 0 Å².